The minimum atomic E-state index is -0.516. The van der Waals surface area contributed by atoms with Crippen LogP contribution < -0.4 is 5.32 Å². The van der Waals surface area contributed by atoms with Crippen LogP contribution in [-0.2, 0) is 17.6 Å². The van der Waals surface area contributed by atoms with Crippen molar-refractivity contribution < 1.29 is 14.6 Å². The second kappa shape index (κ2) is 8.26. The van der Waals surface area contributed by atoms with Crippen molar-refractivity contribution >= 4 is 6.09 Å². The normalized spacial score (nSPS) is 20.0. The van der Waals surface area contributed by atoms with Gasteiger partial charge < -0.3 is 15.2 Å². The van der Waals surface area contributed by atoms with Crippen LogP contribution in [0.3, 0.4) is 0 Å². The highest BCUT2D eigenvalue weighted by Gasteiger charge is 2.33. The summed E-state index contributed by atoms with van der Waals surface area (Å²) in [5.41, 5.74) is 4.11. The summed E-state index contributed by atoms with van der Waals surface area (Å²) < 4.78 is 5.42. The Balaban J connectivity index is 1.57. The van der Waals surface area contributed by atoms with Crippen molar-refractivity contribution in [3.05, 3.63) is 58.9 Å². The van der Waals surface area contributed by atoms with Crippen LogP contribution in [0.2, 0.25) is 0 Å². The summed E-state index contributed by atoms with van der Waals surface area (Å²) in [6, 6.07) is 8.07. The largest absolute Gasteiger partial charge is 0.508 e. The van der Waals surface area contributed by atoms with Crippen LogP contribution in [0.5, 0.6) is 5.75 Å². The summed E-state index contributed by atoms with van der Waals surface area (Å²) >= 11 is 0. The van der Waals surface area contributed by atoms with E-state index < -0.39 is 5.60 Å². The van der Waals surface area contributed by atoms with Gasteiger partial charge in [0.1, 0.15) is 11.4 Å². The molecule has 2 atom stereocenters. The predicted molar refractivity (Wildman–Crippen MR) is 116 cm³/mol. The molecule has 0 saturated carbocycles. The number of aromatic nitrogens is 1. The van der Waals surface area contributed by atoms with E-state index in [2.05, 4.69) is 21.3 Å². The third kappa shape index (κ3) is 4.59. The summed E-state index contributed by atoms with van der Waals surface area (Å²) in [7, 11) is 0. The fourth-order valence-electron chi connectivity index (χ4n) is 4.60. The molecule has 0 bridgehead atoms. The van der Waals surface area contributed by atoms with Crippen molar-refractivity contribution in [1.82, 2.24) is 15.2 Å². The van der Waals surface area contributed by atoms with Gasteiger partial charge in [0.05, 0.1) is 6.04 Å². The fourth-order valence-corrected chi connectivity index (χ4v) is 4.60. The number of phenolic OH excluding ortho intramolecular Hbond substituents is 1. The molecule has 1 aromatic carbocycles. The molecule has 1 fully saturated rings. The lowest BCUT2D eigenvalue weighted by Gasteiger charge is -2.30. The zero-order valence-corrected chi connectivity index (χ0v) is 18.0. The number of fused-ring (bicyclic) bond motifs is 1. The van der Waals surface area contributed by atoms with E-state index in [9.17, 15) is 9.90 Å². The Morgan fingerprint density at radius 3 is 2.63 bits per heavy atom. The molecule has 1 unspecified atom stereocenters. The maximum atomic E-state index is 12.2. The lowest BCUT2D eigenvalue weighted by atomic mass is 9.94. The lowest BCUT2D eigenvalue weighted by Crippen LogP contribution is -2.41. The monoisotopic (exact) mass is 409 g/mol. The number of aryl methyl sites for hydroxylation is 2. The van der Waals surface area contributed by atoms with E-state index in [1.807, 2.05) is 39.0 Å². The molecule has 1 aromatic heterocycles. The molecule has 160 valence electrons. The van der Waals surface area contributed by atoms with E-state index in [1.54, 1.807) is 12.4 Å². The number of hydrogen-bond acceptors (Lipinski definition) is 5. The minimum absolute atomic E-state index is 0.0146. The lowest BCUT2D eigenvalue weighted by molar-refractivity contribution is 0.0505. The summed E-state index contributed by atoms with van der Waals surface area (Å²) in [5, 5.41) is 13.9. The number of alkyl carbamates (subject to hydrolysis) is 1. The SMILES string of the molecule is CC(C)(C)OC(=O)N[C@@H]1CCN(C(c2ccncc2)c2cc3c(cc2O)CCC3)C1. The number of pyridine rings is 1. The molecular weight excluding hydrogens is 378 g/mol. The third-order valence-electron chi connectivity index (χ3n) is 5.86. The first-order valence-corrected chi connectivity index (χ1v) is 10.8. The van der Waals surface area contributed by atoms with Gasteiger partial charge in [-0.2, -0.15) is 0 Å². The number of rotatable bonds is 4. The van der Waals surface area contributed by atoms with E-state index in [0.717, 1.165) is 43.4 Å². The van der Waals surface area contributed by atoms with Gasteiger partial charge >= 0.3 is 6.09 Å². The minimum Gasteiger partial charge on any atom is -0.508 e. The standard InChI is InChI=1S/C24H31N3O3/c1-24(2,3)30-23(29)26-19-9-12-27(15-19)22(16-7-10-25-11-8-16)20-13-17-5-4-6-18(17)14-21(20)28/h7-8,10-11,13-14,19,22,28H,4-6,9,12,15H2,1-3H3,(H,26,29)/t19-,22?/m1/s1. The van der Waals surface area contributed by atoms with Gasteiger partial charge in [-0.1, -0.05) is 0 Å². The highest BCUT2D eigenvalue weighted by atomic mass is 16.6. The number of nitrogens with zero attached hydrogens (tertiary/aromatic N) is 2. The van der Waals surface area contributed by atoms with Crippen molar-refractivity contribution in [2.24, 2.45) is 0 Å². The molecule has 6 nitrogen and oxygen atoms in total. The Hall–Kier alpha value is -2.60. The molecule has 6 heteroatoms. The van der Waals surface area contributed by atoms with Crippen molar-refractivity contribution in [2.45, 2.75) is 64.1 Å². The summed E-state index contributed by atoms with van der Waals surface area (Å²) in [6.07, 6.45) is 7.29. The molecule has 4 rings (SSSR count). The first kappa shape index (κ1) is 20.7. The van der Waals surface area contributed by atoms with Crippen molar-refractivity contribution in [3.63, 3.8) is 0 Å². The number of nitrogens with one attached hydrogen (secondary N) is 1. The fraction of sp³-hybridized carbons (Fsp3) is 0.500. The molecule has 2 N–H and O–H groups in total. The zero-order valence-electron chi connectivity index (χ0n) is 18.0. The van der Waals surface area contributed by atoms with Gasteiger partial charge in [-0.25, -0.2) is 4.79 Å². The van der Waals surface area contributed by atoms with Crippen molar-refractivity contribution in [1.29, 1.82) is 0 Å². The van der Waals surface area contributed by atoms with E-state index in [0.29, 0.717) is 12.3 Å². The van der Waals surface area contributed by atoms with Gasteiger partial charge in [-0.15, -0.1) is 0 Å². The smallest absolute Gasteiger partial charge is 0.407 e. The Labute approximate surface area is 178 Å². The van der Waals surface area contributed by atoms with E-state index in [-0.39, 0.29) is 18.2 Å². The van der Waals surface area contributed by atoms with Crippen LogP contribution in [-0.4, -0.2) is 45.8 Å². The first-order valence-electron chi connectivity index (χ1n) is 10.8. The average Bonchev–Trinajstić information content (AvgIpc) is 3.31. The van der Waals surface area contributed by atoms with Crippen LogP contribution in [0.4, 0.5) is 4.79 Å². The summed E-state index contributed by atoms with van der Waals surface area (Å²) in [5.74, 6) is 0.348. The number of phenols is 1. The Morgan fingerprint density at radius 2 is 1.93 bits per heavy atom. The molecule has 1 saturated heterocycles. The summed E-state index contributed by atoms with van der Waals surface area (Å²) in [4.78, 5) is 18.7. The number of likely N-dealkylation sites (tertiary alicyclic amines) is 1. The zero-order chi connectivity index (χ0) is 21.3. The first-order chi connectivity index (χ1) is 14.3. The molecule has 2 aliphatic rings. The van der Waals surface area contributed by atoms with Gasteiger partial charge in [0.15, 0.2) is 0 Å². The van der Waals surface area contributed by atoms with Gasteiger partial charge in [0, 0.05) is 37.1 Å². The number of benzene rings is 1. The highest BCUT2D eigenvalue weighted by Crippen LogP contribution is 2.39. The molecule has 2 heterocycles. The molecule has 30 heavy (non-hydrogen) atoms. The van der Waals surface area contributed by atoms with E-state index in [1.165, 1.54) is 11.1 Å². The second-order valence-electron chi connectivity index (χ2n) is 9.34. The average molecular weight is 410 g/mol. The van der Waals surface area contributed by atoms with Gasteiger partial charge in [0.25, 0.3) is 0 Å². The Kier molecular flexibility index (Phi) is 5.69. The number of amides is 1. The topological polar surface area (TPSA) is 74.7 Å². The maximum absolute atomic E-state index is 12.2. The van der Waals surface area contributed by atoms with Crippen LogP contribution >= 0.6 is 0 Å². The third-order valence-corrected chi connectivity index (χ3v) is 5.86. The molecule has 2 aromatic rings. The van der Waals surface area contributed by atoms with Crippen LogP contribution in [0.15, 0.2) is 36.7 Å². The summed E-state index contributed by atoms with van der Waals surface area (Å²) in [6.45, 7) is 7.11. The predicted octanol–water partition coefficient (Wildman–Crippen LogP) is 3.96. The Bertz CT molecular complexity index is 908. The maximum Gasteiger partial charge on any atom is 0.407 e. The Morgan fingerprint density at radius 1 is 1.23 bits per heavy atom. The number of ether oxygens (including phenoxy) is 1. The number of hydrogen-bond donors (Lipinski definition) is 2. The second-order valence-corrected chi connectivity index (χ2v) is 9.34. The van der Waals surface area contributed by atoms with Crippen molar-refractivity contribution in [3.8, 4) is 5.75 Å². The van der Waals surface area contributed by atoms with Crippen LogP contribution in [0.1, 0.15) is 61.9 Å². The molecule has 0 spiro atoms. The number of carbonyl (C=O) groups is 1. The van der Waals surface area contributed by atoms with E-state index >= 15 is 0 Å². The van der Waals surface area contributed by atoms with Crippen LogP contribution in [0.25, 0.3) is 0 Å². The molecular formula is C24H31N3O3. The molecule has 1 aliphatic heterocycles. The molecule has 1 aliphatic carbocycles. The number of carbonyl (C=O) groups excluding carboxylic acids is 1. The highest BCUT2D eigenvalue weighted by molar-refractivity contribution is 5.68. The van der Waals surface area contributed by atoms with Gasteiger partial charge in [0.2, 0.25) is 0 Å². The van der Waals surface area contributed by atoms with Crippen LogP contribution in [0, 0.1) is 0 Å². The molecule has 1 amide bonds. The van der Waals surface area contributed by atoms with Gasteiger partial charge in [-0.3, -0.25) is 9.88 Å². The molecule has 0 radical (unpaired) electrons. The quantitative estimate of drug-likeness (QED) is 0.799. The van der Waals surface area contributed by atoms with Crippen molar-refractivity contribution in [2.75, 3.05) is 13.1 Å². The number of aromatic hydroxyl groups is 1. The van der Waals surface area contributed by atoms with Gasteiger partial charge in [-0.05, 0) is 87.4 Å². The van der Waals surface area contributed by atoms with E-state index in [4.69, 9.17) is 4.74 Å².